The summed E-state index contributed by atoms with van der Waals surface area (Å²) in [7, 11) is 0. The highest BCUT2D eigenvalue weighted by molar-refractivity contribution is 5.97. The van der Waals surface area contributed by atoms with Crippen LogP contribution in [0.5, 0.6) is 0 Å². The molecule has 0 saturated heterocycles. The molecule has 8 heteroatoms. The van der Waals surface area contributed by atoms with Crippen LogP contribution in [0.15, 0.2) is 11.8 Å². The van der Waals surface area contributed by atoms with Gasteiger partial charge in [0.2, 0.25) is 0 Å². The second-order valence-electron chi connectivity index (χ2n) is 3.89. The minimum Gasteiger partial charge on any atom is -0.481 e. The summed E-state index contributed by atoms with van der Waals surface area (Å²) in [4.78, 5) is 23.4. The van der Waals surface area contributed by atoms with Gasteiger partial charge in [-0.2, -0.15) is 5.26 Å². The molecule has 0 aromatic rings. The summed E-state index contributed by atoms with van der Waals surface area (Å²) in [6.45, 7) is 0.200. The Morgan fingerprint density at radius 1 is 1.25 bits per heavy atom. The van der Waals surface area contributed by atoms with Crippen molar-refractivity contribution in [2.24, 2.45) is 0 Å². The van der Waals surface area contributed by atoms with E-state index < -0.39 is 11.9 Å². The van der Waals surface area contributed by atoms with E-state index in [4.69, 9.17) is 20.6 Å². The lowest BCUT2D eigenvalue weighted by Crippen LogP contribution is -2.30. The van der Waals surface area contributed by atoms with Crippen molar-refractivity contribution in [1.29, 1.82) is 5.26 Å². The maximum atomic E-state index is 11.7. The average molecular weight is 285 g/mol. The molecule has 4 N–H and O–H groups in total. The second kappa shape index (κ2) is 10.8. The van der Waals surface area contributed by atoms with Gasteiger partial charge in [0, 0.05) is 32.3 Å². The second-order valence-corrected chi connectivity index (χ2v) is 3.89. The molecule has 112 valence electrons. The van der Waals surface area contributed by atoms with E-state index in [1.54, 1.807) is 6.07 Å². The standard InChI is InChI=1S/C12H19N3O5/c13-8-10(9-15(4-6-16)5-7-17)12(20)14-3-1-2-11(18)19/h9,16-17H,1-7H2,(H,14,20)(H,18,19)/b10-9-. The monoisotopic (exact) mass is 285 g/mol. The van der Waals surface area contributed by atoms with Crippen molar-refractivity contribution in [2.45, 2.75) is 12.8 Å². The number of aliphatic hydroxyl groups is 2. The lowest BCUT2D eigenvalue weighted by Gasteiger charge is -2.18. The number of carbonyl (C=O) groups excluding carboxylic acids is 1. The van der Waals surface area contributed by atoms with Crippen molar-refractivity contribution in [3.8, 4) is 6.07 Å². The number of nitriles is 1. The van der Waals surface area contributed by atoms with Gasteiger partial charge in [-0.3, -0.25) is 9.59 Å². The normalized spacial score (nSPS) is 10.8. The molecule has 0 bridgehead atoms. The Morgan fingerprint density at radius 3 is 2.30 bits per heavy atom. The molecule has 0 aliphatic rings. The largest absolute Gasteiger partial charge is 0.481 e. The van der Waals surface area contributed by atoms with Crippen molar-refractivity contribution >= 4 is 11.9 Å². The Morgan fingerprint density at radius 2 is 1.85 bits per heavy atom. The molecule has 0 heterocycles. The number of aliphatic carboxylic acids is 1. The van der Waals surface area contributed by atoms with E-state index in [0.29, 0.717) is 0 Å². The number of hydrogen-bond donors (Lipinski definition) is 4. The van der Waals surface area contributed by atoms with Crippen LogP contribution >= 0.6 is 0 Å². The number of carboxylic acids is 1. The van der Waals surface area contributed by atoms with Crippen LogP contribution in [-0.2, 0) is 9.59 Å². The Balaban J connectivity index is 4.44. The maximum absolute atomic E-state index is 11.7. The van der Waals surface area contributed by atoms with Crippen molar-refractivity contribution in [3.05, 3.63) is 11.8 Å². The predicted molar refractivity (Wildman–Crippen MR) is 69.3 cm³/mol. The zero-order valence-electron chi connectivity index (χ0n) is 11.1. The number of amides is 1. The van der Waals surface area contributed by atoms with E-state index in [1.165, 1.54) is 11.1 Å². The third-order valence-corrected chi connectivity index (χ3v) is 2.30. The number of nitrogens with one attached hydrogen (secondary N) is 1. The fourth-order valence-corrected chi connectivity index (χ4v) is 1.36. The number of hydrogen-bond acceptors (Lipinski definition) is 6. The third kappa shape index (κ3) is 8.07. The van der Waals surface area contributed by atoms with Gasteiger partial charge in [0.25, 0.3) is 5.91 Å². The summed E-state index contributed by atoms with van der Waals surface area (Å²) in [5, 5.41) is 37.4. The van der Waals surface area contributed by atoms with E-state index >= 15 is 0 Å². The predicted octanol–water partition coefficient (Wildman–Crippen LogP) is -1.34. The Labute approximate surface area is 116 Å². The Hall–Kier alpha value is -2.11. The molecule has 0 atom stereocenters. The number of rotatable bonds is 10. The van der Waals surface area contributed by atoms with Crippen LogP contribution in [0.3, 0.4) is 0 Å². The lowest BCUT2D eigenvalue weighted by atomic mass is 10.2. The van der Waals surface area contributed by atoms with E-state index in [0.717, 1.165) is 0 Å². The topological polar surface area (TPSA) is 134 Å². The first-order chi connectivity index (χ1) is 9.54. The summed E-state index contributed by atoms with van der Waals surface area (Å²) < 4.78 is 0. The SMILES string of the molecule is N#C/C(=C/N(CCO)CCO)C(=O)NCCCC(=O)O. The fourth-order valence-electron chi connectivity index (χ4n) is 1.36. The van der Waals surface area contributed by atoms with Crippen molar-refractivity contribution in [2.75, 3.05) is 32.8 Å². The van der Waals surface area contributed by atoms with Crippen LogP contribution in [0, 0.1) is 11.3 Å². The first-order valence-electron chi connectivity index (χ1n) is 6.12. The highest BCUT2D eigenvalue weighted by atomic mass is 16.4. The summed E-state index contributed by atoms with van der Waals surface area (Å²) in [5.74, 6) is -1.56. The van der Waals surface area contributed by atoms with Crippen LogP contribution in [-0.4, -0.2) is 64.9 Å². The van der Waals surface area contributed by atoms with Crippen molar-refractivity contribution < 1.29 is 24.9 Å². The van der Waals surface area contributed by atoms with Gasteiger partial charge in [0.05, 0.1) is 13.2 Å². The summed E-state index contributed by atoms with van der Waals surface area (Å²) >= 11 is 0. The van der Waals surface area contributed by atoms with Gasteiger partial charge in [-0.25, -0.2) is 0 Å². The van der Waals surface area contributed by atoms with Gasteiger partial charge < -0.3 is 25.5 Å². The molecule has 0 radical (unpaired) electrons. The molecule has 0 spiro atoms. The molecule has 0 unspecified atom stereocenters. The zero-order chi connectivity index (χ0) is 15.4. The maximum Gasteiger partial charge on any atom is 0.303 e. The minimum atomic E-state index is -0.952. The highest BCUT2D eigenvalue weighted by Gasteiger charge is 2.10. The van der Waals surface area contributed by atoms with Gasteiger partial charge in [0.1, 0.15) is 11.6 Å². The molecule has 0 aromatic carbocycles. The Bertz CT molecular complexity index is 383. The first kappa shape index (κ1) is 17.9. The molecule has 0 aromatic heterocycles. The van der Waals surface area contributed by atoms with E-state index in [-0.39, 0.29) is 51.3 Å². The van der Waals surface area contributed by atoms with Crippen LogP contribution in [0.4, 0.5) is 0 Å². The summed E-state index contributed by atoms with van der Waals surface area (Å²) in [5.41, 5.74) is -0.165. The highest BCUT2D eigenvalue weighted by Crippen LogP contribution is 1.98. The fraction of sp³-hybridized carbons (Fsp3) is 0.583. The van der Waals surface area contributed by atoms with Crippen LogP contribution in [0.25, 0.3) is 0 Å². The molecule has 0 aliphatic heterocycles. The molecule has 0 saturated carbocycles. The number of nitrogens with zero attached hydrogens (tertiary/aromatic N) is 2. The van der Waals surface area contributed by atoms with Crippen LogP contribution < -0.4 is 5.32 Å². The van der Waals surface area contributed by atoms with E-state index in [2.05, 4.69) is 5.32 Å². The van der Waals surface area contributed by atoms with Crippen molar-refractivity contribution in [3.63, 3.8) is 0 Å². The zero-order valence-corrected chi connectivity index (χ0v) is 11.1. The van der Waals surface area contributed by atoms with Gasteiger partial charge in [0.15, 0.2) is 0 Å². The third-order valence-electron chi connectivity index (χ3n) is 2.30. The van der Waals surface area contributed by atoms with E-state index in [9.17, 15) is 9.59 Å². The van der Waals surface area contributed by atoms with Gasteiger partial charge in [-0.1, -0.05) is 0 Å². The molecule has 8 nitrogen and oxygen atoms in total. The quantitative estimate of drug-likeness (QED) is 0.222. The van der Waals surface area contributed by atoms with Gasteiger partial charge >= 0.3 is 5.97 Å². The number of carboxylic acid groups (broad SMARTS) is 1. The molecule has 0 fully saturated rings. The lowest BCUT2D eigenvalue weighted by molar-refractivity contribution is -0.137. The Kier molecular flexibility index (Phi) is 9.64. The summed E-state index contributed by atoms with van der Waals surface area (Å²) in [6.07, 6.45) is 1.47. The molecule has 20 heavy (non-hydrogen) atoms. The van der Waals surface area contributed by atoms with Gasteiger partial charge in [-0.15, -0.1) is 0 Å². The number of carbonyl (C=O) groups is 2. The van der Waals surface area contributed by atoms with E-state index in [1.807, 2.05) is 0 Å². The van der Waals surface area contributed by atoms with Crippen LogP contribution in [0.1, 0.15) is 12.8 Å². The van der Waals surface area contributed by atoms with Crippen molar-refractivity contribution in [1.82, 2.24) is 10.2 Å². The molecule has 0 rings (SSSR count). The molecule has 0 aliphatic carbocycles. The average Bonchev–Trinajstić information content (AvgIpc) is 2.40. The molecular formula is C12H19N3O5. The minimum absolute atomic E-state index is 0.0625. The van der Waals surface area contributed by atoms with Crippen LogP contribution in [0.2, 0.25) is 0 Å². The number of aliphatic hydroxyl groups excluding tert-OH is 2. The van der Waals surface area contributed by atoms with Gasteiger partial charge in [-0.05, 0) is 6.42 Å². The smallest absolute Gasteiger partial charge is 0.303 e. The molecular weight excluding hydrogens is 266 g/mol. The molecule has 1 amide bonds. The first-order valence-corrected chi connectivity index (χ1v) is 6.12. The summed E-state index contributed by atoms with van der Waals surface area (Å²) in [6, 6.07) is 1.73.